The summed E-state index contributed by atoms with van der Waals surface area (Å²) in [6, 6.07) is 4.27. The van der Waals surface area contributed by atoms with E-state index >= 15 is 0 Å². The monoisotopic (exact) mass is 481 g/mol. The molecular weight excluding hydrogens is 450 g/mol. The lowest BCUT2D eigenvalue weighted by molar-refractivity contribution is -0.825. The summed E-state index contributed by atoms with van der Waals surface area (Å²) in [4.78, 5) is 11.2. The lowest BCUT2D eigenvalue weighted by Crippen LogP contribution is -3.02. The van der Waals surface area contributed by atoms with Crippen molar-refractivity contribution in [3.63, 3.8) is 0 Å². The highest BCUT2D eigenvalue weighted by atomic mass is 35.5. The lowest BCUT2D eigenvalue weighted by Gasteiger charge is -2.56. The summed E-state index contributed by atoms with van der Waals surface area (Å²) in [6.45, 7) is 8.07. The third-order valence-electron chi connectivity index (χ3n) is 8.19. The Hall–Kier alpha value is -2.44. The second kappa shape index (κ2) is 8.65. The molecule has 1 saturated heterocycles. The van der Waals surface area contributed by atoms with Crippen molar-refractivity contribution in [2.24, 2.45) is 0 Å². The number of anilines is 1. The number of nitrogens with one attached hydrogen (secondary N) is 1. The average Bonchev–Trinajstić information content (AvgIpc) is 3.10. The first-order chi connectivity index (χ1) is 16.3. The quantitative estimate of drug-likeness (QED) is 0.647. The number of rotatable bonds is 6. The van der Waals surface area contributed by atoms with Crippen molar-refractivity contribution in [1.82, 2.24) is 14.9 Å². The second-order valence-corrected chi connectivity index (χ2v) is 10.4. The van der Waals surface area contributed by atoms with Crippen LogP contribution < -0.4 is 15.5 Å². The van der Waals surface area contributed by atoms with Crippen LogP contribution in [0.25, 0.3) is 5.43 Å². The maximum Gasteiger partial charge on any atom is 0.223 e. The number of hydrogen-bond acceptors (Lipinski definition) is 6. The third kappa shape index (κ3) is 3.45. The molecule has 2 fully saturated rings. The lowest BCUT2D eigenvalue weighted by atomic mass is 9.70. The van der Waals surface area contributed by atoms with Crippen molar-refractivity contribution < 1.29 is 9.75 Å². The van der Waals surface area contributed by atoms with Crippen LogP contribution in [0, 0.1) is 18.3 Å². The highest BCUT2D eigenvalue weighted by Crippen LogP contribution is 2.49. The second-order valence-electron chi connectivity index (χ2n) is 9.97. The molecule has 5 rings (SSSR count). The summed E-state index contributed by atoms with van der Waals surface area (Å²) in [5, 5.41) is 11.0. The summed E-state index contributed by atoms with van der Waals surface area (Å²) in [7, 11) is 1.73. The van der Waals surface area contributed by atoms with Crippen LogP contribution in [0.15, 0.2) is 12.4 Å². The standard InChI is InChI=1S/C25H32ClN7O/c1-14-19(26)10-18(16(3)33-24-21(15(2)31-33)23(28)29-13-30-24)22(34-4)20(14)17-11-32(12-17)25(8-9-27)6-5-7-25/h10,13,15-17,33H,5-8,11-12H2,1-4H3,(H2,28,29,30). The Balaban J connectivity index is 1.48. The van der Waals surface area contributed by atoms with Gasteiger partial charge in [-0.2, -0.15) is 10.2 Å². The van der Waals surface area contributed by atoms with Crippen molar-refractivity contribution in [3.05, 3.63) is 45.1 Å². The molecule has 1 saturated carbocycles. The number of halogens is 1. The van der Waals surface area contributed by atoms with Crippen LogP contribution in [0.4, 0.5) is 11.6 Å². The number of aromatic nitrogens is 2. The highest BCUT2D eigenvalue weighted by molar-refractivity contribution is 6.31. The van der Waals surface area contributed by atoms with Crippen molar-refractivity contribution in [1.29, 1.82) is 5.26 Å². The van der Waals surface area contributed by atoms with Crippen molar-refractivity contribution in [2.45, 2.75) is 70.0 Å². The summed E-state index contributed by atoms with van der Waals surface area (Å²) < 4.78 is 6.06. The number of nitriles is 1. The summed E-state index contributed by atoms with van der Waals surface area (Å²) in [5.74, 6) is 2.50. The minimum Gasteiger partial charge on any atom is -0.496 e. The molecule has 34 heavy (non-hydrogen) atoms. The largest absolute Gasteiger partial charge is 0.496 e. The molecule has 3 unspecified atom stereocenters. The molecule has 1 aliphatic carbocycles. The molecular formula is C25H32ClN7O. The predicted molar refractivity (Wildman–Crippen MR) is 131 cm³/mol. The van der Waals surface area contributed by atoms with E-state index in [2.05, 4.69) is 34.8 Å². The Kier molecular flexibility index (Phi) is 5.93. The van der Waals surface area contributed by atoms with Crippen molar-refractivity contribution in [2.75, 3.05) is 25.9 Å². The molecule has 0 radical (unpaired) electrons. The van der Waals surface area contributed by atoms with Gasteiger partial charge in [-0.1, -0.05) is 24.6 Å². The van der Waals surface area contributed by atoms with Gasteiger partial charge >= 0.3 is 0 Å². The van der Waals surface area contributed by atoms with Gasteiger partial charge in [0, 0.05) is 35.1 Å². The van der Waals surface area contributed by atoms with Gasteiger partial charge in [-0.15, -0.1) is 0 Å². The van der Waals surface area contributed by atoms with Gasteiger partial charge in [-0.3, -0.25) is 4.90 Å². The Morgan fingerprint density at radius 2 is 2.12 bits per heavy atom. The number of benzene rings is 1. The highest BCUT2D eigenvalue weighted by Gasteiger charge is 2.48. The fourth-order valence-corrected chi connectivity index (χ4v) is 6.23. The first-order valence-corrected chi connectivity index (χ1v) is 12.4. The number of hydrogen-bond donors (Lipinski definition) is 2. The number of methoxy groups -OCH3 is 1. The first kappa shape index (κ1) is 23.3. The zero-order chi connectivity index (χ0) is 24.2. The van der Waals surface area contributed by atoms with Crippen LogP contribution in [-0.2, 0) is 0 Å². The normalized spacial score (nSPS) is 24.6. The Labute approximate surface area is 206 Å². The van der Waals surface area contributed by atoms with E-state index in [1.165, 1.54) is 18.3 Å². The molecule has 3 atom stereocenters. The van der Waals surface area contributed by atoms with E-state index in [9.17, 15) is 5.26 Å². The first-order valence-electron chi connectivity index (χ1n) is 12.0. The van der Waals surface area contributed by atoms with Gasteiger partial charge in [-0.05, 0) is 44.7 Å². The number of fused-ring (bicyclic) bond motifs is 1. The van der Waals surface area contributed by atoms with Crippen molar-refractivity contribution in [3.8, 4) is 11.8 Å². The van der Waals surface area contributed by atoms with Crippen molar-refractivity contribution >= 4 is 23.2 Å². The zero-order valence-corrected chi connectivity index (χ0v) is 21.0. The minimum atomic E-state index is -0.0842. The van der Waals surface area contributed by atoms with E-state index in [1.807, 2.05) is 13.0 Å². The topological polar surface area (TPSA) is 107 Å². The number of quaternary nitrogens is 1. The zero-order valence-electron chi connectivity index (χ0n) is 20.2. The van der Waals surface area contributed by atoms with Gasteiger partial charge < -0.3 is 20.9 Å². The van der Waals surface area contributed by atoms with E-state index in [4.69, 9.17) is 27.5 Å². The van der Waals surface area contributed by atoms with Crippen LogP contribution >= 0.6 is 11.6 Å². The maximum absolute atomic E-state index is 9.35. The van der Waals surface area contributed by atoms with E-state index in [-0.39, 0.29) is 17.6 Å². The smallest absolute Gasteiger partial charge is 0.223 e. The Bertz CT molecular complexity index is 1150. The number of likely N-dealkylation sites (tertiary alicyclic amines) is 1. The third-order valence-corrected chi connectivity index (χ3v) is 8.59. The minimum absolute atomic E-state index is 0.0686. The van der Waals surface area contributed by atoms with E-state index in [0.29, 0.717) is 18.2 Å². The van der Waals surface area contributed by atoms with E-state index < -0.39 is 0 Å². The van der Waals surface area contributed by atoms with Gasteiger partial charge in [0.25, 0.3) is 0 Å². The number of ether oxygens (including phenoxy) is 1. The molecule has 0 bridgehead atoms. The van der Waals surface area contributed by atoms with Crippen LogP contribution in [0.5, 0.6) is 5.75 Å². The predicted octanol–water partition coefficient (Wildman–Crippen LogP) is 3.91. The molecule has 3 aliphatic rings. The van der Waals surface area contributed by atoms with Gasteiger partial charge in [0.1, 0.15) is 23.9 Å². The summed E-state index contributed by atoms with van der Waals surface area (Å²) in [5.41, 5.74) is 15.3. The molecule has 3 N–H and O–H groups in total. The maximum atomic E-state index is 9.35. The van der Waals surface area contributed by atoms with Crippen LogP contribution in [-0.4, -0.2) is 40.6 Å². The molecule has 0 amide bonds. The van der Waals surface area contributed by atoms with E-state index in [0.717, 1.165) is 64.2 Å². The SMILES string of the molecule is COc1c(C(C)[NH+]2[N-]C(C)c3c(N)ncnc32)cc(Cl)c(C)c1C1CN(C2(CC#N)CCC2)C1. The molecule has 180 valence electrons. The average molecular weight is 482 g/mol. The molecule has 1 aromatic carbocycles. The van der Waals surface area contributed by atoms with Crippen LogP contribution in [0.2, 0.25) is 5.02 Å². The Morgan fingerprint density at radius 1 is 1.38 bits per heavy atom. The fourth-order valence-electron chi connectivity index (χ4n) is 6.01. The molecule has 1 aromatic heterocycles. The molecule has 8 nitrogen and oxygen atoms in total. The molecule has 3 heterocycles. The van der Waals surface area contributed by atoms with E-state index in [1.54, 1.807) is 7.11 Å². The summed E-state index contributed by atoms with van der Waals surface area (Å²) >= 11 is 6.79. The van der Waals surface area contributed by atoms with Gasteiger partial charge in [0.15, 0.2) is 0 Å². The van der Waals surface area contributed by atoms with Gasteiger partial charge in [0.05, 0.1) is 30.7 Å². The van der Waals surface area contributed by atoms with Gasteiger partial charge in [0.2, 0.25) is 5.82 Å². The van der Waals surface area contributed by atoms with Gasteiger partial charge in [-0.25, -0.2) is 4.98 Å². The summed E-state index contributed by atoms with van der Waals surface area (Å²) in [6.07, 6.45) is 5.54. The van der Waals surface area contributed by atoms with Crippen LogP contribution in [0.1, 0.15) is 79.8 Å². The molecule has 2 aromatic rings. The molecule has 9 heteroatoms. The molecule has 2 aliphatic heterocycles. The Morgan fingerprint density at radius 3 is 2.74 bits per heavy atom. The number of nitrogens with two attached hydrogens (primary N) is 1. The fraction of sp³-hybridized carbons (Fsp3) is 0.560. The van der Waals surface area contributed by atoms with Crippen LogP contribution in [0.3, 0.4) is 0 Å². The number of nitrogens with zero attached hydrogens (tertiary/aromatic N) is 5. The number of nitrogen functional groups attached to an aromatic ring is 1. The molecule has 0 spiro atoms.